The summed E-state index contributed by atoms with van der Waals surface area (Å²) in [7, 11) is 1.58. The molecule has 0 saturated heterocycles. The van der Waals surface area contributed by atoms with Crippen LogP contribution in [0.1, 0.15) is 28.3 Å². The van der Waals surface area contributed by atoms with Crippen LogP contribution in [-0.4, -0.2) is 29.5 Å². The van der Waals surface area contributed by atoms with Crippen LogP contribution in [0.2, 0.25) is 0 Å². The van der Waals surface area contributed by atoms with Crippen molar-refractivity contribution in [1.29, 1.82) is 0 Å². The lowest BCUT2D eigenvalue weighted by atomic mass is 10.0. The maximum absolute atomic E-state index is 12.8. The van der Waals surface area contributed by atoms with Crippen molar-refractivity contribution < 1.29 is 9.53 Å². The number of amides is 1. The molecule has 0 fully saturated rings. The number of anilines is 3. The Labute approximate surface area is 164 Å². The van der Waals surface area contributed by atoms with E-state index in [0.717, 1.165) is 30.9 Å². The van der Waals surface area contributed by atoms with E-state index >= 15 is 0 Å². The predicted octanol–water partition coefficient (Wildman–Crippen LogP) is 4.13. The summed E-state index contributed by atoms with van der Waals surface area (Å²) in [5.41, 5.74) is 3.38. The summed E-state index contributed by atoms with van der Waals surface area (Å²) in [5, 5.41) is 2.88. The fraction of sp³-hybridized carbons (Fsp3) is 0.227. The van der Waals surface area contributed by atoms with E-state index in [1.807, 2.05) is 18.2 Å². The van der Waals surface area contributed by atoms with Gasteiger partial charge in [0.1, 0.15) is 23.1 Å². The quantitative estimate of drug-likeness (QED) is 0.744. The van der Waals surface area contributed by atoms with E-state index in [1.165, 1.54) is 5.56 Å². The minimum Gasteiger partial charge on any atom is -0.495 e. The molecule has 4 rings (SSSR count). The monoisotopic (exact) mass is 374 g/mol. The van der Waals surface area contributed by atoms with Crippen LogP contribution in [0.3, 0.4) is 0 Å². The first kappa shape index (κ1) is 18.0. The number of nitrogens with zero attached hydrogens (tertiary/aromatic N) is 3. The summed E-state index contributed by atoms with van der Waals surface area (Å²) in [4.78, 5) is 23.9. The highest BCUT2D eigenvalue weighted by Crippen LogP contribution is 2.32. The zero-order valence-corrected chi connectivity index (χ0v) is 16.0. The van der Waals surface area contributed by atoms with Gasteiger partial charge in [0.15, 0.2) is 0 Å². The van der Waals surface area contributed by atoms with Gasteiger partial charge in [-0.1, -0.05) is 30.3 Å². The molecule has 0 saturated carbocycles. The van der Waals surface area contributed by atoms with Crippen molar-refractivity contribution in [3.05, 3.63) is 71.7 Å². The highest BCUT2D eigenvalue weighted by molar-refractivity contribution is 6.04. The normalized spacial score (nSPS) is 13.0. The van der Waals surface area contributed by atoms with Crippen molar-refractivity contribution in [3.63, 3.8) is 0 Å². The van der Waals surface area contributed by atoms with Crippen LogP contribution in [0, 0.1) is 6.92 Å². The number of methoxy groups -OCH3 is 1. The van der Waals surface area contributed by atoms with Gasteiger partial charge in [0.25, 0.3) is 5.91 Å². The largest absolute Gasteiger partial charge is 0.495 e. The lowest BCUT2D eigenvalue weighted by Crippen LogP contribution is -2.26. The number of hydrogen-bond donors (Lipinski definition) is 1. The molecule has 3 aromatic rings. The standard InChI is InChI=1S/C22H22N4O2/c1-15-23-18(22(27)25-17-10-4-6-12-20(17)28-2)14-21(24-15)26-13-7-9-16-8-3-5-11-19(16)26/h3-6,8,10-12,14H,7,9,13H2,1-2H3,(H,25,27). The van der Waals surface area contributed by atoms with Crippen LogP contribution in [-0.2, 0) is 6.42 Å². The second-order valence-electron chi connectivity index (χ2n) is 6.70. The van der Waals surface area contributed by atoms with Crippen molar-refractivity contribution in [2.24, 2.45) is 0 Å². The van der Waals surface area contributed by atoms with Crippen LogP contribution >= 0.6 is 0 Å². The molecule has 0 spiro atoms. The van der Waals surface area contributed by atoms with E-state index in [1.54, 1.807) is 32.2 Å². The van der Waals surface area contributed by atoms with Gasteiger partial charge in [0, 0.05) is 18.3 Å². The fourth-order valence-corrected chi connectivity index (χ4v) is 3.51. The zero-order chi connectivity index (χ0) is 19.5. The zero-order valence-electron chi connectivity index (χ0n) is 16.0. The smallest absolute Gasteiger partial charge is 0.274 e. The molecule has 28 heavy (non-hydrogen) atoms. The van der Waals surface area contributed by atoms with Gasteiger partial charge in [0.2, 0.25) is 0 Å². The summed E-state index contributed by atoms with van der Waals surface area (Å²) in [5.74, 6) is 1.61. The van der Waals surface area contributed by atoms with E-state index in [4.69, 9.17) is 4.74 Å². The number of hydrogen-bond acceptors (Lipinski definition) is 5. The van der Waals surface area contributed by atoms with Crippen molar-refractivity contribution in [2.75, 3.05) is 23.9 Å². The summed E-state index contributed by atoms with van der Waals surface area (Å²) >= 11 is 0. The van der Waals surface area contributed by atoms with Gasteiger partial charge in [0.05, 0.1) is 12.8 Å². The van der Waals surface area contributed by atoms with E-state index in [-0.39, 0.29) is 5.91 Å². The first-order valence-corrected chi connectivity index (χ1v) is 9.31. The number of aryl methyl sites for hydroxylation is 2. The number of para-hydroxylation sites is 3. The molecule has 0 atom stereocenters. The fourth-order valence-electron chi connectivity index (χ4n) is 3.51. The number of nitrogens with one attached hydrogen (secondary N) is 1. The molecule has 1 aromatic heterocycles. The van der Waals surface area contributed by atoms with Gasteiger partial charge in [-0.25, -0.2) is 9.97 Å². The number of rotatable bonds is 4. The molecule has 1 aliphatic heterocycles. The molecular weight excluding hydrogens is 352 g/mol. The lowest BCUT2D eigenvalue weighted by molar-refractivity contribution is 0.102. The molecule has 2 aromatic carbocycles. The Morgan fingerprint density at radius 2 is 1.89 bits per heavy atom. The topological polar surface area (TPSA) is 67.3 Å². The molecular formula is C22H22N4O2. The van der Waals surface area contributed by atoms with Gasteiger partial charge >= 0.3 is 0 Å². The number of carbonyl (C=O) groups is 1. The average molecular weight is 374 g/mol. The number of aromatic nitrogens is 2. The van der Waals surface area contributed by atoms with Crippen molar-refractivity contribution in [2.45, 2.75) is 19.8 Å². The molecule has 1 amide bonds. The predicted molar refractivity (Wildman–Crippen MR) is 109 cm³/mol. The van der Waals surface area contributed by atoms with Crippen LogP contribution in [0.4, 0.5) is 17.2 Å². The Balaban J connectivity index is 1.66. The Kier molecular flexibility index (Phi) is 4.93. The third-order valence-corrected chi connectivity index (χ3v) is 4.80. The Bertz CT molecular complexity index is 1020. The van der Waals surface area contributed by atoms with Crippen LogP contribution in [0.5, 0.6) is 5.75 Å². The number of ether oxygens (including phenoxy) is 1. The molecule has 0 aliphatic carbocycles. The molecule has 6 nitrogen and oxygen atoms in total. The molecule has 0 radical (unpaired) electrons. The summed E-state index contributed by atoms with van der Waals surface area (Å²) in [6, 6.07) is 17.4. The average Bonchev–Trinajstić information content (AvgIpc) is 2.73. The molecule has 2 heterocycles. The van der Waals surface area contributed by atoms with E-state index in [2.05, 4.69) is 38.4 Å². The van der Waals surface area contributed by atoms with Crippen LogP contribution in [0.25, 0.3) is 0 Å². The summed E-state index contributed by atoms with van der Waals surface area (Å²) < 4.78 is 5.31. The third-order valence-electron chi connectivity index (χ3n) is 4.80. The highest BCUT2D eigenvalue weighted by Gasteiger charge is 2.21. The molecule has 1 N–H and O–H groups in total. The molecule has 6 heteroatoms. The van der Waals surface area contributed by atoms with Gasteiger partial charge in [-0.15, -0.1) is 0 Å². The Hall–Kier alpha value is -3.41. The van der Waals surface area contributed by atoms with E-state index in [9.17, 15) is 4.79 Å². The van der Waals surface area contributed by atoms with E-state index < -0.39 is 0 Å². The first-order chi connectivity index (χ1) is 13.7. The Morgan fingerprint density at radius 1 is 1.11 bits per heavy atom. The van der Waals surface area contributed by atoms with Crippen molar-refractivity contribution in [1.82, 2.24) is 9.97 Å². The minimum absolute atomic E-state index is 0.290. The van der Waals surface area contributed by atoms with Gasteiger partial charge < -0.3 is 15.0 Å². The number of fused-ring (bicyclic) bond motifs is 1. The SMILES string of the molecule is COc1ccccc1NC(=O)c1cc(N2CCCc3ccccc32)nc(C)n1. The van der Waals surface area contributed by atoms with Crippen molar-refractivity contribution >= 4 is 23.1 Å². The van der Waals surface area contributed by atoms with Crippen LogP contribution < -0.4 is 15.0 Å². The number of carbonyl (C=O) groups excluding carboxylic acids is 1. The molecule has 142 valence electrons. The summed E-state index contributed by atoms with van der Waals surface area (Å²) in [6.45, 7) is 2.67. The third kappa shape index (κ3) is 3.53. The Morgan fingerprint density at radius 3 is 2.75 bits per heavy atom. The van der Waals surface area contributed by atoms with Gasteiger partial charge in [-0.2, -0.15) is 0 Å². The van der Waals surface area contributed by atoms with Crippen molar-refractivity contribution in [3.8, 4) is 5.75 Å². The maximum atomic E-state index is 12.8. The van der Waals surface area contributed by atoms with E-state index in [0.29, 0.717) is 23.0 Å². The minimum atomic E-state index is -0.290. The van der Waals surface area contributed by atoms with Gasteiger partial charge in [-0.3, -0.25) is 4.79 Å². The highest BCUT2D eigenvalue weighted by atomic mass is 16.5. The first-order valence-electron chi connectivity index (χ1n) is 9.31. The maximum Gasteiger partial charge on any atom is 0.274 e. The molecule has 0 unspecified atom stereocenters. The second kappa shape index (κ2) is 7.68. The number of benzene rings is 2. The summed E-state index contributed by atoms with van der Waals surface area (Å²) in [6.07, 6.45) is 2.10. The van der Waals surface area contributed by atoms with Gasteiger partial charge in [-0.05, 0) is 43.5 Å². The second-order valence-corrected chi connectivity index (χ2v) is 6.70. The molecule has 1 aliphatic rings. The lowest BCUT2D eigenvalue weighted by Gasteiger charge is -2.30. The molecule has 0 bridgehead atoms. The van der Waals surface area contributed by atoms with Crippen LogP contribution in [0.15, 0.2) is 54.6 Å².